The summed E-state index contributed by atoms with van der Waals surface area (Å²) in [7, 11) is 0. The zero-order chi connectivity index (χ0) is 24.1. The lowest BCUT2D eigenvalue weighted by molar-refractivity contribution is -0.275. The molecule has 182 valence electrons. The molecule has 0 saturated carbocycles. The van der Waals surface area contributed by atoms with Gasteiger partial charge in [0.05, 0.1) is 32.5 Å². The Morgan fingerprint density at radius 3 is 1.83 bits per heavy atom. The van der Waals surface area contributed by atoms with Crippen LogP contribution < -0.4 is 0 Å². The molecule has 1 aliphatic rings. The second-order valence-electron chi connectivity index (χ2n) is 8.45. The summed E-state index contributed by atoms with van der Waals surface area (Å²) in [6, 6.07) is 30.3. The van der Waals surface area contributed by atoms with Gasteiger partial charge in [0.25, 0.3) is 0 Å². The van der Waals surface area contributed by atoms with E-state index in [1.807, 2.05) is 91.0 Å². The fourth-order valence-electron chi connectivity index (χ4n) is 4.06. The molecule has 1 aliphatic heterocycles. The maximum Gasteiger partial charge on any atom is 0.162 e. The van der Waals surface area contributed by atoms with E-state index < -0.39 is 6.29 Å². The number of hydrogen-bond acceptors (Lipinski definition) is 5. The topological polar surface area (TPSA) is 46.2 Å². The van der Waals surface area contributed by atoms with Crippen molar-refractivity contribution in [2.75, 3.05) is 13.2 Å². The van der Waals surface area contributed by atoms with Gasteiger partial charge in [-0.15, -0.1) is 6.42 Å². The Morgan fingerprint density at radius 2 is 1.26 bits per heavy atom. The van der Waals surface area contributed by atoms with Crippen molar-refractivity contribution in [3.63, 3.8) is 0 Å². The summed E-state index contributed by atoms with van der Waals surface area (Å²) in [6.45, 7) is 1.91. The van der Waals surface area contributed by atoms with Gasteiger partial charge in [0.15, 0.2) is 6.29 Å². The van der Waals surface area contributed by atoms with Crippen LogP contribution in [0.1, 0.15) is 23.1 Å². The predicted molar refractivity (Wildman–Crippen MR) is 134 cm³/mol. The Labute approximate surface area is 207 Å². The van der Waals surface area contributed by atoms with Crippen LogP contribution in [0.3, 0.4) is 0 Å². The standard InChI is InChI=1S/C30H32O5/c1-2-18-32-29-19-27(33-21-25-14-8-4-9-15-25)30(34-22-26-16-10-5-11-17-26)28(35-29)23-31-20-24-12-6-3-7-13-24/h1,3-17,27-30H,18-23H2/t27-,28?,29+,30+/m1/s1. The average molecular weight is 473 g/mol. The molecule has 1 heterocycles. The third kappa shape index (κ3) is 8.03. The van der Waals surface area contributed by atoms with Crippen LogP contribution in [0.2, 0.25) is 0 Å². The van der Waals surface area contributed by atoms with Crippen molar-refractivity contribution in [2.24, 2.45) is 0 Å². The van der Waals surface area contributed by atoms with Crippen molar-refractivity contribution in [2.45, 2.75) is 50.8 Å². The van der Waals surface area contributed by atoms with Gasteiger partial charge in [-0.3, -0.25) is 0 Å². The first kappa shape index (κ1) is 25.1. The van der Waals surface area contributed by atoms with Gasteiger partial charge in [-0.2, -0.15) is 0 Å². The molecule has 4 rings (SSSR count). The highest BCUT2D eigenvalue weighted by Gasteiger charge is 2.41. The van der Waals surface area contributed by atoms with E-state index in [1.165, 1.54) is 0 Å². The minimum absolute atomic E-state index is 0.170. The number of rotatable bonds is 12. The van der Waals surface area contributed by atoms with E-state index in [9.17, 15) is 0 Å². The molecular weight excluding hydrogens is 440 g/mol. The second-order valence-corrected chi connectivity index (χ2v) is 8.45. The summed E-state index contributed by atoms with van der Waals surface area (Å²) in [5, 5.41) is 0. The molecule has 0 aromatic heterocycles. The van der Waals surface area contributed by atoms with Gasteiger partial charge in [0.1, 0.15) is 18.8 Å². The molecule has 5 heteroatoms. The zero-order valence-electron chi connectivity index (χ0n) is 19.8. The highest BCUT2D eigenvalue weighted by atomic mass is 16.7. The van der Waals surface area contributed by atoms with Gasteiger partial charge < -0.3 is 23.7 Å². The van der Waals surface area contributed by atoms with Crippen LogP contribution in [0, 0.1) is 12.3 Å². The molecule has 1 fully saturated rings. The van der Waals surface area contributed by atoms with Gasteiger partial charge in [0, 0.05) is 6.42 Å². The molecule has 0 N–H and O–H groups in total. The molecule has 35 heavy (non-hydrogen) atoms. The van der Waals surface area contributed by atoms with E-state index in [4.69, 9.17) is 30.1 Å². The van der Waals surface area contributed by atoms with Crippen LogP contribution >= 0.6 is 0 Å². The largest absolute Gasteiger partial charge is 0.374 e. The Bertz CT molecular complexity index is 1020. The molecule has 0 amide bonds. The van der Waals surface area contributed by atoms with E-state index in [0.29, 0.717) is 32.8 Å². The van der Waals surface area contributed by atoms with Crippen LogP contribution in [-0.4, -0.2) is 37.8 Å². The van der Waals surface area contributed by atoms with Gasteiger partial charge in [0.2, 0.25) is 0 Å². The Hall–Kier alpha value is -2.98. The van der Waals surface area contributed by atoms with Crippen molar-refractivity contribution < 1.29 is 23.7 Å². The molecule has 5 nitrogen and oxygen atoms in total. The quantitative estimate of drug-likeness (QED) is 0.342. The van der Waals surface area contributed by atoms with E-state index in [0.717, 1.165) is 16.7 Å². The molecule has 3 aromatic rings. The summed E-state index contributed by atoms with van der Waals surface area (Å²) in [4.78, 5) is 0. The third-order valence-corrected chi connectivity index (χ3v) is 5.82. The molecule has 0 bridgehead atoms. The van der Waals surface area contributed by atoms with Crippen LogP contribution in [0.25, 0.3) is 0 Å². The molecule has 0 radical (unpaired) electrons. The van der Waals surface area contributed by atoms with Crippen LogP contribution in [-0.2, 0) is 43.5 Å². The normalized spacial score (nSPS) is 21.9. The number of ether oxygens (including phenoxy) is 5. The molecule has 1 saturated heterocycles. The first-order valence-corrected chi connectivity index (χ1v) is 11.9. The van der Waals surface area contributed by atoms with Crippen LogP contribution in [0.5, 0.6) is 0 Å². The summed E-state index contributed by atoms with van der Waals surface area (Å²) in [5.41, 5.74) is 3.28. The first-order chi connectivity index (χ1) is 17.3. The number of benzene rings is 3. The van der Waals surface area contributed by atoms with Crippen molar-refractivity contribution in [3.8, 4) is 12.3 Å². The molecular formula is C30H32O5. The number of hydrogen-bond donors (Lipinski definition) is 0. The third-order valence-electron chi connectivity index (χ3n) is 5.82. The summed E-state index contributed by atoms with van der Waals surface area (Å²) in [5.74, 6) is 2.52. The monoisotopic (exact) mass is 472 g/mol. The summed E-state index contributed by atoms with van der Waals surface area (Å²) in [6.07, 6.45) is 4.49. The molecule has 1 unspecified atom stereocenters. The highest BCUT2D eigenvalue weighted by Crippen LogP contribution is 2.28. The van der Waals surface area contributed by atoms with Crippen LogP contribution in [0.15, 0.2) is 91.0 Å². The van der Waals surface area contributed by atoms with E-state index in [-0.39, 0.29) is 24.9 Å². The first-order valence-electron chi connectivity index (χ1n) is 11.9. The second kappa shape index (κ2) is 13.8. The van der Waals surface area contributed by atoms with Gasteiger partial charge in [-0.25, -0.2) is 0 Å². The molecule has 0 spiro atoms. The number of terminal acetylenes is 1. The van der Waals surface area contributed by atoms with Crippen molar-refractivity contribution >= 4 is 0 Å². The van der Waals surface area contributed by atoms with Gasteiger partial charge in [-0.1, -0.05) is 96.9 Å². The van der Waals surface area contributed by atoms with E-state index in [1.54, 1.807) is 0 Å². The van der Waals surface area contributed by atoms with E-state index in [2.05, 4.69) is 5.92 Å². The Balaban J connectivity index is 1.47. The fraction of sp³-hybridized carbons (Fsp3) is 0.333. The zero-order valence-corrected chi connectivity index (χ0v) is 19.8. The lowest BCUT2D eigenvalue weighted by Gasteiger charge is -2.41. The maximum atomic E-state index is 6.41. The van der Waals surface area contributed by atoms with Crippen molar-refractivity contribution in [1.29, 1.82) is 0 Å². The van der Waals surface area contributed by atoms with Crippen LogP contribution in [0.4, 0.5) is 0 Å². The average Bonchev–Trinajstić information content (AvgIpc) is 2.92. The smallest absolute Gasteiger partial charge is 0.162 e. The van der Waals surface area contributed by atoms with Gasteiger partial charge in [-0.05, 0) is 16.7 Å². The Morgan fingerprint density at radius 1 is 0.714 bits per heavy atom. The summed E-state index contributed by atoms with van der Waals surface area (Å²) < 4.78 is 30.9. The SMILES string of the molecule is C#CCO[C@@H]1C[C@@H](OCc2ccccc2)[C@H](OCc2ccccc2)C(COCc2ccccc2)O1. The predicted octanol–water partition coefficient (Wildman–Crippen LogP) is 5.14. The van der Waals surface area contributed by atoms with Gasteiger partial charge >= 0.3 is 0 Å². The molecule has 4 atom stereocenters. The highest BCUT2D eigenvalue weighted by molar-refractivity contribution is 5.15. The maximum absolute atomic E-state index is 6.41. The minimum Gasteiger partial charge on any atom is -0.374 e. The summed E-state index contributed by atoms with van der Waals surface area (Å²) >= 11 is 0. The van der Waals surface area contributed by atoms with E-state index >= 15 is 0 Å². The Kier molecular flexibility index (Phi) is 9.90. The lowest BCUT2D eigenvalue weighted by Crippen LogP contribution is -2.53. The molecule has 0 aliphatic carbocycles. The van der Waals surface area contributed by atoms with Crippen molar-refractivity contribution in [3.05, 3.63) is 108 Å². The fourth-order valence-corrected chi connectivity index (χ4v) is 4.06. The minimum atomic E-state index is -0.492. The lowest BCUT2D eigenvalue weighted by atomic mass is 10.0. The molecule has 3 aromatic carbocycles. The van der Waals surface area contributed by atoms with Crippen molar-refractivity contribution in [1.82, 2.24) is 0 Å².